The molecule has 1 fully saturated rings. The first-order chi connectivity index (χ1) is 13.3. The van der Waals surface area contributed by atoms with Crippen LogP contribution in [0.15, 0.2) is 69.8 Å². The molecule has 4 rings (SSSR count). The number of halogens is 1. The first kappa shape index (κ1) is 18.4. The predicted octanol–water partition coefficient (Wildman–Crippen LogP) is 4.86. The van der Waals surface area contributed by atoms with Crippen LogP contribution in [-0.4, -0.2) is 29.0 Å². The zero-order valence-corrected chi connectivity index (χ0v) is 16.9. The average Bonchev–Trinajstić information content (AvgIpc) is 3.18. The summed E-state index contributed by atoms with van der Waals surface area (Å²) < 4.78 is 6.69. The Morgan fingerprint density at radius 3 is 2.52 bits per heavy atom. The molecule has 0 atom stereocenters. The quantitative estimate of drug-likeness (QED) is 0.612. The van der Waals surface area contributed by atoms with E-state index in [0.29, 0.717) is 11.9 Å². The van der Waals surface area contributed by atoms with Crippen molar-refractivity contribution in [2.24, 2.45) is 0 Å². The Bertz CT molecular complexity index is 840. The van der Waals surface area contributed by atoms with E-state index in [-0.39, 0.29) is 0 Å². The largest absolute Gasteiger partial charge is 0.444 e. The molecule has 27 heavy (non-hydrogen) atoms. The van der Waals surface area contributed by atoms with Crippen LogP contribution in [0.5, 0.6) is 0 Å². The van der Waals surface area contributed by atoms with E-state index in [1.165, 1.54) is 18.4 Å². The first-order valence-corrected chi connectivity index (χ1v) is 10.3. The van der Waals surface area contributed by atoms with Crippen LogP contribution >= 0.6 is 15.9 Å². The summed E-state index contributed by atoms with van der Waals surface area (Å²) in [5, 5.41) is 3.64. The second kappa shape index (κ2) is 8.83. The Hall–Kier alpha value is -1.95. The van der Waals surface area contributed by atoms with E-state index in [1.807, 2.05) is 24.3 Å². The van der Waals surface area contributed by atoms with Crippen LogP contribution in [0.3, 0.4) is 0 Å². The van der Waals surface area contributed by atoms with E-state index >= 15 is 0 Å². The number of aromatic nitrogens is 1. The number of benzene rings is 2. The lowest BCUT2D eigenvalue weighted by Crippen LogP contribution is -2.41. The third-order valence-electron chi connectivity index (χ3n) is 5.05. The summed E-state index contributed by atoms with van der Waals surface area (Å²) in [6.07, 6.45) is 4.10. The summed E-state index contributed by atoms with van der Waals surface area (Å²) in [4.78, 5) is 7.15. The molecule has 2 aromatic carbocycles. The SMILES string of the molecule is Brc1ccc(-c2nc(CNC3CCN(Cc4ccccc4)CC3)co2)cc1. The fourth-order valence-electron chi connectivity index (χ4n) is 3.50. The van der Waals surface area contributed by atoms with Gasteiger partial charge in [0.25, 0.3) is 0 Å². The molecule has 2 heterocycles. The third-order valence-corrected chi connectivity index (χ3v) is 5.58. The number of hydrogen-bond acceptors (Lipinski definition) is 4. The van der Waals surface area contributed by atoms with Crippen LogP contribution in [-0.2, 0) is 13.1 Å². The van der Waals surface area contributed by atoms with Gasteiger partial charge in [0.15, 0.2) is 0 Å². The molecule has 0 bridgehead atoms. The van der Waals surface area contributed by atoms with Gasteiger partial charge in [0.05, 0.1) is 5.69 Å². The Morgan fingerprint density at radius 1 is 1.04 bits per heavy atom. The number of likely N-dealkylation sites (tertiary alicyclic amines) is 1. The molecule has 0 spiro atoms. The predicted molar refractivity (Wildman–Crippen MR) is 111 cm³/mol. The summed E-state index contributed by atoms with van der Waals surface area (Å²) in [5.74, 6) is 0.678. The lowest BCUT2D eigenvalue weighted by atomic mass is 10.0. The van der Waals surface area contributed by atoms with Crippen molar-refractivity contribution >= 4 is 15.9 Å². The molecule has 0 amide bonds. The van der Waals surface area contributed by atoms with Gasteiger partial charge in [-0.25, -0.2) is 4.98 Å². The van der Waals surface area contributed by atoms with Gasteiger partial charge in [-0.15, -0.1) is 0 Å². The number of nitrogens with zero attached hydrogens (tertiary/aromatic N) is 2. The molecule has 0 unspecified atom stereocenters. The number of rotatable bonds is 6. The van der Waals surface area contributed by atoms with Crippen molar-refractivity contribution in [1.29, 1.82) is 0 Å². The van der Waals surface area contributed by atoms with Gasteiger partial charge in [-0.05, 0) is 55.8 Å². The van der Waals surface area contributed by atoms with Crippen LogP contribution in [0.2, 0.25) is 0 Å². The molecule has 0 saturated carbocycles. The summed E-state index contributed by atoms with van der Waals surface area (Å²) >= 11 is 3.45. The van der Waals surface area contributed by atoms with Gasteiger partial charge >= 0.3 is 0 Å². The van der Waals surface area contributed by atoms with Gasteiger partial charge in [-0.1, -0.05) is 46.3 Å². The minimum atomic E-state index is 0.546. The highest BCUT2D eigenvalue weighted by Crippen LogP contribution is 2.21. The Balaban J connectivity index is 1.24. The molecule has 1 N–H and O–H groups in total. The molecule has 0 radical (unpaired) electrons. The van der Waals surface area contributed by atoms with Crippen LogP contribution in [0.1, 0.15) is 24.1 Å². The van der Waals surface area contributed by atoms with E-state index in [9.17, 15) is 0 Å². The molecule has 1 aliphatic rings. The number of hydrogen-bond donors (Lipinski definition) is 1. The van der Waals surface area contributed by atoms with Gasteiger partial charge in [-0.2, -0.15) is 0 Å². The minimum absolute atomic E-state index is 0.546. The Kier molecular flexibility index (Phi) is 6.02. The van der Waals surface area contributed by atoms with Crippen molar-refractivity contribution in [2.75, 3.05) is 13.1 Å². The first-order valence-electron chi connectivity index (χ1n) is 9.46. The highest BCUT2D eigenvalue weighted by atomic mass is 79.9. The molecule has 1 aromatic heterocycles. The van der Waals surface area contributed by atoms with Crippen LogP contribution in [0.25, 0.3) is 11.5 Å². The van der Waals surface area contributed by atoms with Gasteiger partial charge in [-0.3, -0.25) is 4.90 Å². The third kappa shape index (κ3) is 5.06. The fourth-order valence-corrected chi connectivity index (χ4v) is 3.76. The second-order valence-electron chi connectivity index (χ2n) is 7.07. The smallest absolute Gasteiger partial charge is 0.226 e. The van der Waals surface area contributed by atoms with Gasteiger partial charge in [0.2, 0.25) is 5.89 Å². The molecule has 140 valence electrons. The van der Waals surface area contributed by atoms with E-state index < -0.39 is 0 Å². The highest BCUT2D eigenvalue weighted by Gasteiger charge is 2.19. The van der Waals surface area contributed by atoms with Crippen molar-refractivity contribution in [3.05, 3.63) is 76.6 Å². The summed E-state index contributed by atoms with van der Waals surface area (Å²) in [6, 6.07) is 19.3. The number of nitrogens with one attached hydrogen (secondary N) is 1. The average molecular weight is 426 g/mol. The highest BCUT2D eigenvalue weighted by molar-refractivity contribution is 9.10. The fraction of sp³-hybridized carbons (Fsp3) is 0.318. The maximum Gasteiger partial charge on any atom is 0.226 e. The van der Waals surface area contributed by atoms with Crippen molar-refractivity contribution in [2.45, 2.75) is 32.0 Å². The second-order valence-corrected chi connectivity index (χ2v) is 7.98. The van der Waals surface area contributed by atoms with Gasteiger partial charge < -0.3 is 9.73 Å². The molecule has 0 aliphatic carbocycles. The zero-order valence-electron chi connectivity index (χ0n) is 15.3. The van der Waals surface area contributed by atoms with E-state index in [4.69, 9.17) is 4.42 Å². The van der Waals surface area contributed by atoms with Gasteiger partial charge in [0, 0.05) is 29.2 Å². The maximum absolute atomic E-state index is 5.64. The van der Waals surface area contributed by atoms with Crippen molar-refractivity contribution in [3.63, 3.8) is 0 Å². The lowest BCUT2D eigenvalue weighted by Gasteiger charge is -2.32. The lowest BCUT2D eigenvalue weighted by molar-refractivity contribution is 0.190. The molecule has 1 aliphatic heterocycles. The van der Waals surface area contributed by atoms with Crippen LogP contribution in [0.4, 0.5) is 0 Å². The maximum atomic E-state index is 5.64. The van der Waals surface area contributed by atoms with Crippen molar-refractivity contribution in [1.82, 2.24) is 15.2 Å². The number of oxazole rings is 1. The standard InChI is InChI=1S/C22H24BrN3O/c23-19-8-6-18(7-9-19)22-25-21(16-27-22)14-24-20-10-12-26(13-11-20)15-17-4-2-1-3-5-17/h1-9,16,20,24H,10-15H2. The van der Waals surface area contributed by atoms with Crippen molar-refractivity contribution < 1.29 is 4.42 Å². The Labute approximate surface area is 168 Å². The Morgan fingerprint density at radius 2 is 1.78 bits per heavy atom. The minimum Gasteiger partial charge on any atom is -0.444 e. The monoisotopic (exact) mass is 425 g/mol. The van der Waals surface area contributed by atoms with Crippen LogP contribution in [0, 0.1) is 0 Å². The zero-order chi connectivity index (χ0) is 18.5. The molecule has 3 aromatic rings. The number of piperidine rings is 1. The van der Waals surface area contributed by atoms with E-state index in [2.05, 4.69) is 61.5 Å². The molecule has 4 nitrogen and oxygen atoms in total. The summed E-state index contributed by atoms with van der Waals surface area (Å²) in [5.41, 5.74) is 3.35. The molecule has 5 heteroatoms. The normalized spacial score (nSPS) is 15.9. The topological polar surface area (TPSA) is 41.3 Å². The van der Waals surface area contributed by atoms with E-state index in [1.54, 1.807) is 6.26 Å². The molecular formula is C22H24BrN3O. The van der Waals surface area contributed by atoms with Gasteiger partial charge in [0.1, 0.15) is 6.26 Å². The van der Waals surface area contributed by atoms with Crippen molar-refractivity contribution in [3.8, 4) is 11.5 Å². The molecular weight excluding hydrogens is 402 g/mol. The summed E-state index contributed by atoms with van der Waals surface area (Å²) in [6.45, 7) is 4.07. The van der Waals surface area contributed by atoms with Crippen LogP contribution < -0.4 is 5.32 Å². The molecule has 1 saturated heterocycles. The summed E-state index contributed by atoms with van der Waals surface area (Å²) in [7, 11) is 0. The van der Waals surface area contributed by atoms with E-state index in [0.717, 1.165) is 41.9 Å².